The van der Waals surface area contributed by atoms with E-state index in [9.17, 15) is 24.9 Å². The minimum absolute atomic E-state index is 0.151. The fraction of sp³-hybridized carbons (Fsp3) is 0.690. The van der Waals surface area contributed by atoms with Crippen LogP contribution in [0.5, 0.6) is 0 Å². The van der Waals surface area contributed by atoms with E-state index in [-0.39, 0.29) is 30.3 Å². The van der Waals surface area contributed by atoms with Crippen LogP contribution in [0.2, 0.25) is 0 Å². The van der Waals surface area contributed by atoms with Gasteiger partial charge in [-0.15, -0.1) is 0 Å². The molecule has 1 aromatic rings. The van der Waals surface area contributed by atoms with Gasteiger partial charge in [-0.3, -0.25) is 9.69 Å². The predicted octanol–water partition coefficient (Wildman–Crippen LogP) is 2.13. The number of piperidine rings is 1. The smallest absolute Gasteiger partial charge is 0.444 e. The molecule has 4 unspecified atom stereocenters. The van der Waals surface area contributed by atoms with E-state index < -0.39 is 31.2 Å². The van der Waals surface area contributed by atoms with E-state index in [4.69, 9.17) is 9.47 Å². The van der Waals surface area contributed by atoms with E-state index in [1.54, 1.807) is 4.90 Å². The number of benzene rings is 1. The highest BCUT2D eigenvalue weighted by atomic mass is 16.6. The van der Waals surface area contributed by atoms with Gasteiger partial charge in [-0.1, -0.05) is 37.3 Å². The van der Waals surface area contributed by atoms with Gasteiger partial charge in [0, 0.05) is 31.6 Å². The van der Waals surface area contributed by atoms with Crippen molar-refractivity contribution in [3.05, 3.63) is 35.9 Å². The van der Waals surface area contributed by atoms with Crippen molar-refractivity contribution in [2.45, 2.75) is 89.1 Å². The number of rotatable bonds is 10. The van der Waals surface area contributed by atoms with Crippen LogP contribution in [-0.4, -0.2) is 94.9 Å². The number of morpholine rings is 1. The molecule has 4 saturated heterocycles. The lowest BCUT2D eigenvalue weighted by molar-refractivity contribution is -0.198. The fourth-order valence-electron chi connectivity index (χ4n) is 6.34. The van der Waals surface area contributed by atoms with Crippen LogP contribution >= 0.6 is 0 Å². The van der Waals surface area contributed by atoms with Crippen molar-refractivity contribution in [1.29, 1.82) is 5.26 Å². The number of nitrogens with zero attached hydrogens (tertiary/aromatic N) is 3. The van der Waals surface area contributed by atoms with Crippen LogP contribution in [0.25, 0.3) is 0 Å². The summed E-state index contributed by atoms with van der Waals surface area (Å²) >= 11 is 0. The lowest BCUT2D eigenvalue weighted by atomic mass is 9.76. The van der Waals surface area contributed by atoms with Crippen LogP contribution in [0, 0.1) is 23.2 Å². The number of carbonyl (C=O) groups is 2. The maximum atomic E-state index is 13.6. The third-order valence-corrected chi connectivity index (χ3v) is 8.59. The normalized spacial score (nSPS) is 25.4. The summed E-state index contributed by atoms with van der Waals surface area (Å²) in [6.07, 6.45) is 3.45. The van der Waals surface area contributed by atoms with Gasteiger partial charge in [-0.25, -0.2) is 4.79 Å². The molecule has 4 heterocycles. The number of alkyl carbamates (subject to hydrolysis) is 1. The van der Waals surface area contributed by atoms with Crippen molar-refractivity contribution in [1.82, 2.24) is 15.1 Å². The first-order chi connectivity index (χ1) is 19.1. The number of likely N-dealkylation sites (tertiary alicyclic amines) is 1. The van der Waals surface area contributed by atoms with Crippen molar-refractivity contribution < 1.29 is 29.1 Å². The van der Waals surface area contributed by atoms with Gasteiger partial charge in [0.15, 0.2) is 0 Å². The van der Waals surface area contributed by atoms with E-state index in [0.29, 0.717) is 31.6 Å². The molecule has 0 aromatic heterocycles. The Morgan fingerprint density at radius 3 is 2.50 bits per heavy atom. The number of ether oxygens (including phenoxy) is 2. The maximum absolute atomic E-state index is 13.6. The van der Waals surface area contributed by atoms with E-state index >= 15 is 0 Å². The van der Waals surface area contributed by atoms with Crippen LogP contribution < -0.4 is 5.32 Å². The average Bonchev–Trinajstić information content (AvgIpc) is 3.14. The van der Waals surface area contributed by atoms with Crippen LogP contribution in [0.3, 0.4) is 0 Å². The van der Waals surface area contributed by atoms with Gasteiger partial charge in [0.25, 0.3) is 0 Å². The summed E-state index contributed by atoms with van der Waals surface area (Å²) in [6, 6.07) is 11.5. The molecule has 0 spiro atoms. The van der Waals surface area contributed by atoms with Crippen LogP contribution in [0.4, 0.5) is 4.79 Å². The van der Waals surface area contributed by atoms with Crippen molar-refractivity contribution in [2.75, 3.05) is 26.2 Å². The number of carbonyl (C=O) groups excluding carboxylic acids is 2. The first-order valence-corrected chi connectivity index (χ1v) is 14.5. The van der Waals surface area contributed by atoms with Crippen molar-refractivity contribution >= 4 is 19.1 Å². The lowest BCUT2D eigenvalue weighted by Gasteiger charge is -2.53. The Kier molecular flexibility index (Phi) is 10.1. The zero-order valence-electron chi connectivity index (χ0n) is 23.9. The first kappa shape index (κ1) is 30.3. The van der Waals surface area contributed by atoms with Crippen LogP contribution in [0.1, 0.15) is 58.4 Å². The average molecular weight is 554 g/mol. The Labute approximate surface area is 237 Å². The molecule has 6 atom stereocenters. The molecule has 40 heavy (non-hydrogen) atoms. The molecule has 2 bridgehead atoms. The Bertz CT molecular complexity index is 1030. The quantitative estimate of drug-likeness (QED) is 0.375. The molecule has 4 aliphatic heterocycles. The third kappa shape index (κ3) is 7.75. The molecule has 11 heteroatoms. The second-order valence-electron chi connectivity index (χ2n) is 12.3. The molecular formula is C29H43BN4O6. The minimum atomic E-state index is -1.76. The Morgan fingerprint density at radius 2 is 1.88 bits per heavy atom. The molecule has 4 aliphatic rings. The summed E-state index contributed by atoms with van der Waals surface area (Å²) in [4.78, 5) is 30.4. The molecule has 218 valence electrons. The number of fused-ring (bicyclic) bond motifs is 2. The SMILES string of the molecule is CC(CC(C)(C)N1CC2CC(C1)O2)C(C#N)C(=O)N1CCCC[C@@H](OC(=O)N[C@@H](Cc2ccccc2)B(O)O)C1. The van der Waals surface area contributed by atoms with Gasteiger partial charge in [0.05, 0.1) is 30.8 Å². The topological polar surface area (TPSA) is 135 Å². The Morgan fingerprint density at radius 1 is 1.20 bits per heavy atom. The summed E-state index contributed by atoms with van der Waals surface area (Å²) in [5.41, 5.74) is 0.684. The molecule has 1 aromatic carbocycles. The van der Waals surface area contributed by atoms with Gasteiger partial charge in [-0.2, -0.15) is 5.26 Å². The van der Waals surface area contributed by atoms with E-state index in [1.165, 1.54) is 0 Å². The molecule has 5 rings (SSSR count). The monoisotopic (exact) mass is 554 g/mol. The zero-order chi connectivity index (χ0) is 28.9. The van der Waals surface area contributed by atoms with Crippen LogP contribution in [0.15, 0.2) is 30.3 Å². The van der Waals surface area contributed by atoms with Crippen molar-refractivity contribution in [3.63, 3.8) is 0 Å². The summed E-state index contributed by atoms with van der Waals surface area (Å²) in [5, 5.41) is 32.2. The first-order valence-electron chi connectivity index (χ1n) is 14.5. The summed E-state index contributed by atoms with van der Waals surface area (Å²) in [7, 11) is -1.76. The van der Waals surface area contributed by atoms with E-state index in [2.05, 4.69) is 30.1 Å². The van der Waals surface area contributed by atoms with Gasteiger partial charge in [-0.05, 0) is 57.4 Å². The highest BCUT2D eigenvalue weighted by Gasteiger charge is 2.44. The van der Waals surface area contributed by atoms with Crippen molar-refractivity contribution in [3.8, 4) is 6.07 Å². The summed E-state index contributed by atoms with van der Waals surface area (Å²) in [6.45, 7) is 8.81. The minimum Gasteiger partial charge on any atom is -0.444 e. The van der Waals surface area contributed by atoms with E-state index in [0.717, 1.165) is 37.9 Å². The third-order valence-electron chi connectivity index (χ3n) is 8.59. The Balaban J connectivity index is 1.32. The molecule has 2 amide bonds. The number of hydrogen-bond acceptors (Lipinski definition) is 8. The number of nitrogens with one attached hydrogen (secondary N) is 1. The highest BCUT2D eigenvalue weighted by molar-refractivity contribution is 6.43. The predicted molar refractivity (Wildman–Crippen MR) is 150 cm³/mol. The summed E-state index contributed by atoms with van der Waals surface area (Å²) in [5.74, 6) is -2.10. The van der Waals surface area contributed by atoms with Gasteiger partial charge < -0.3 is 29.7 Å². The second kappa shape index (κ2) is 13.3. The maximum Gasteiger partial charge on any atom is 0.475 e. The lowest BCUT2D eigenvalue weighted by Crippen LogP contribution is -2.63. The molecule has 0 radical (unpaired) electrons. The largest absolute Gasteiger partial charge is 0.475 e. The highest BCUT2D eigenvalue weighted by Crippen LogP contribution is 2.36. The van der Waals surface area contributed by atoms with Gasteiger partial charge in [0.1, 0.15) is 12.0 Å². The zero-order valence-corrected chi connectivity index (χ0v) is 23.9. The Hall–Kier alpha value is -2.65. The molecule has 10 nitrogen and oxygen atoms in total. The number of nitriles is 1. The van der Waals surface area contributed by atoms with Crippen molar-refractivity contribution in [2.24, 2.45) is 11.8 Å². The van der Waals surface area contributed by atoms with E-state index in [1.807, 2.05) is 37.3 Å². The molecule has 0 aliphatic carbocycles. The molecule has 4 fully saturated rings. The molecule has 3 N–H and O–H groups in total. The standard InChI is InChI=1S/C29H43BN4O6/c1-20(15-29(2,3)34-18-23-14-24(19-34)39-23)25(16-31)27(35)33-12-8-7-11-22(17-33)40-28(36)32-26(30(37)38)13-21-9-5-4-6-10-21/h4-6,9-10,20,22-26,37-38H,7-8,11-15,17-19H2,1-3H3,(H,32,36)/t20?,22-,23?,24?,25?,26+/m1/s1. The van der Waals surface area contributed by atoms with Gasteiger partial charge >= 0.3 is 13.2 Å². The van der Waals surface area contributed by atoms with Crippen LogP contribution in [-0.2, 0) is 20.7 Å². The number of amides is 2. The summed E-state index contributed by atoms with van der Waals surface area (Å²) < 4.78 is 11.4. The van der Waals surface area contributed by atoms with Gasteiger partial charge in [0.2, 0.25) is 5.91 Å². The second-order valence-corrected chi connectivity index (χ2v) is 12.3. The number of hydrogen-bond donors (Lipinski definition) is 3. The fourth-order valence-corrected chi connectivity index (χ4v) is 6.34. The molecular weight excluding hydrogens is 511 g/mol. The molecule has 0 saturated carbocycles.